The van der Waals surface area contributed by atoms with E-state index >= 15 is 0 Å². The second-order valence-corrected chi connectivity index (χ2v) is 13.2. The molecule has 0 aromatic heterocycles. The minimum atomic E-state index is -1.80. The number of rotatable bonds is 4. The van der Waals surface area contributed by atoms with Gasteiger partial charge in [0.15, 0.2) is 0 Å². The third-order valence-electron chi connectivity index (χ3n) is 3.10. The Morgan fingerprint density at radius 3 is 2.06 bits per heavy atom. The highest BCUT2D eigenvalue weighted by molar-refractivity contribution is 6.84. The van der Waals surface area contributed by atoms with Gasteiger partial charge in [0.1, 0.15) is 0 Å². The molecule has 0 bridgehead atoms. The summed E-state index contributed by atoms with van der Waals surface area (Å²) in [6.45, 7) is 11.5. The summed E-state index contributed by atoms with van der Waals surface area (Å²) in [5, 5.41) is 9.61. The van der Waals surface area contributed by atoms with Crippen LogP contribution in [0.3, 0.4) is 0 Å². The van der Waals surface area contributed by atoms with Crippen molar-refractivity contribution in [3.63, 3.8) is 0 Å². The van der Waals surface area contributed by atoms with E-state index in [0.717, 1.165) is 0 Å². The zero-order valence-corrected chi connectivity index (χ0v) is 14.2. The summed E-state index contributed by atoms with van der Waals surface area (Å²) in [4.78, 5) is 0. The van der Waals surface area contributed by atoms with Crippen LogP contribution in [0.2, 0.25) is 18.1 Å². The molecule has 102 valence electrons. The smallest absolute Gasteiger partial charge is 0.240 e. The molecule has 0 heterocycles. The van der Waals surface area contributed by atoms with E-state index in [2.05, 4.69) is 39.6 Å². The maximum Gasteiger partial charge on any atom is 0.240 e. The molecule has 0 saturated heterocycles. The van der Waals surface area contributed by atoms with Gasteiger partial charge in [-0.1, -0.05) is 80.4 Å². The Morgan fingerprint density at radius 2 is 1.71 bits per heavy atom. The number of hydrogen-bond donors (Lipinski definition) is 1. The molecule has 0 amide bonds. The zero-order chi connectivity index (χ0) is 13.9. The first-order valence-corrected chi connectivity index (χ1v) is 9.63. The highest BCUT2D eigenvalue weighted by atomic mass is 35.6. The van der Waals surface area contributed by atoms with E-state index in [0.29, 0.717) is 0 Å². The van der Waals surface area contributed by atoms with Gasteiger partial charge in [-0.2, -0.15) is 0 Å². The Balaban J connectivity index is 4.23. The predicted octanol–water partition coefficient (Wildman–Crippen LogP) is 4.30. The van der Waals surface area contributed by atoms with Crippen molar-refractivity contribution in [3.05, 3.63) is 11.8 Å². The van der Waals surface area contributed by atoms with Crippen LogP contribution in [-0.4, -0.2) is 29.9 Å². The molecule has 0 rings (SSSR count). The lowest BCUT2D eigenvalue weighted by Gasteiger charge is -2.34. The molecule has 0 aliphatic heterocycles. The zero-order valence-electron chi connectivity index (χ0n) is 10.9. The van der Waals surface area contributed by atoms with E-state index in [9.17, 15) is 5.11 Å². The summed E-state index contributed by atoms with van der Waals surface area (Å²) in [5.41, 5.74) is 2.18. The van der Waals surface area contributed by atoms with Gasteiger partial charge >= 0.3 is 0 Å². The molecule has 1 atom stereocenters. The number of halogens is 3. The van der Waals surface area contributed by atoms with Gasteiger partial charge < -0.3 is 9.84 Å². The summed E-state index contributed by atoms with van der Waals surface area (Å²) in [5.74, 6) is 0. The van der Waals surface area contributed by atoms with Crippen LogP contribution in [0.25, 0.3) is 0 Å². The predicted molar refractivity (Wildman–Crippen MR) is 78.6 cm³/mol. The van der Waals surface area contributed by atoms with Crippen molar-refractivity contribution >= 4 is 42.9 Å². The van der Waals surface area contributed by atoms with Crippen LogP contribution in [-0.2, 0) is 4.74 Å². The fourth-order valence-corrected chi connectivity index (χ4v) is 2.21. The second-order valence-electron chi connectivity index (χ2n) is 5.60. The highest BCUT2D eigenvalue weighted by Gasteiger charge is 2.33. The molecular weight excluding hydrogens is 299 g/mol. The molecule has 0 aliphatic rings. The molecule has 0 spiro atoms. The molecule has 0 aromatic carbocycles. The second kappa shape index (κ2) is 6.26. The van der Waals surface area contributed by atoms with E-state index in [-0.39, 0.29) is 11.6 Å². The van der Waals surface area contributed by atoms with Crippen molar-refractivity contribution in [3.8, 4) is 0 Å². The third kappa shape index (κ3) is 6.46. The first kappa shape index (κ1) is 17.7. The molecule has 17 heavy (non-hydrogen) atoms. The molecule has 6 heteroatoms. The van der Waals surface area contributed by atoms with Crippen molar-refractivity contribution in [2.75, 3.05) is 6.61 Å². The maximum absolute atomic E-state index is 9.33. The van der Waals surface area contributed by atoms with Crippen LogP contribution in [0.1, 0.15) is 20.8 Å². The minimum Gasteiger partial charge on any atom is -0.365 e. The third-order valence-corrected chi connectivity index (χ3v) is 8.59. The fourth-order valence-electron chi connectivity index (χ4n) is 0.834. The van der Waals surface area contributed by atoms with E-state index in [1.165, 1.54) is 0 Å². The van der Waals surface area contributed by atoms with E-state index in [1.807, 2.05) is 6.08 Å². The van der Waals surface area contributed by atoms with Crippen molar-refractivity contribution in [2.45, 2.75) is 49.0 Å². The van der Waals surface area contributed by atoms with Gasteiger partial charge in [-0.05, 0) is 5.04 Å². The summed E-state index contributed by atoms with van der Waals surface area (Å²) in [6.07, 6.45) is 0.480. The standard InChI is InChI=1S/C11H21Cl3O2Si/c1-10(2,3)17(4,5)8-6-7-16-9(15)11(12,13)14/h6,8-9,15H,7H2,1-5H3/b8-6-. The molecule has 2 nitrogen and oxygen atoms in total. The van der Waals surface area contributed by atoms with Crippen LogP contribution >= 0.6 is 34.8 Å². The summed E-state index contributed by atoms with van der Waals surface area (Å²) >= 11 is 16.4. The average Bonchev–Trinajstić information content (AvgIpc) is 2.08. The van der Waals surface area contributed by atoms with Gasteiger partial charge in [0, 0.05) is 0 Å². The Labute approximate surface area is 120 Å². The lowest BCUT2D eigenvalue weighted by Crippen LogP contribution is -2.35. The lowest BCUT2D eigenvalue weighted by atomic mass is 10.2. The molecule has 1 unspecified atom stereocenters. The van der Waals surface area contributed by atoms with Crippen LogP contribution in [0.5, 0.6) is 0 Å². The van der Waals surface area contributed by atoms with Crippen molar-refractivity contribution in [1.82, 2.24) is 0 Å². The Morgan fingerprint density at radius 1 is 1.24 bits per heavy atom. The number of aliphatic hydroxyl groups excluding tert-OH is 1. The van der Waals surface area contributed by atoms with Gasteiger partial charge in [0.05, 0.1) is 14.7 Å². The monoisotopic (exact) mass is 318 g/mol. The van der Waals surface area contributed by atoms with Gasteiger partial charge in [0.25, 0.3) is 0 Å². The number of aliphatic hydroxyl groups is 1. The molecule has 0 fully saturated rings. The van der Waals surface area contributed by atoms with Crippen LogP contribution in [0.15, 0.2) is 11.8 Å². The van der Waals surface area contributed by atoms with Crippen molar-refractivity contribution in [1.29, 1.82) is 0 Å². The normalized spacial score (nSPS) is 16.5. The first-order chi connectivity index (χ1) is 7.38. The maximum atomic E-state index is 9.33. The van der Waals surface area contributed by atoms with Crippen LogP contribution < -0.4 is 0 Å². The van der Waals surface area contributed by atoms with Crippen LogP contribution in [0.4, 0.5) is 0 Å². The quantitative estimate of drug-likeness (QED) is 0.476. The Bertz CT molecular complexity index is 267. The molecule has 0 aromatic rings. The number of hydrogen-bond acceptors (Lipinski definition) is 2. The van der Waals surface area contributed by atoms with Gasteiger partial charge in [0.2, 0.25) is 10.1 Å². The molecule has 0 aliphatic carbocycles. The SMILES string of the molecule is CC(C)(C)[Si](C)(C)/C=C\COC(O)C(Cl)(Cl)Cl. The summed E-state index contributed by atoms with van der Waals surface area (Å²) in [6, 6.07) is 0. The first-order valence-electron chi connectivity index (χ1n) is 5.42. The van der Waals surface area contributed by atoms with Crippen molar-refractivity contribution < 1.29 is 9.84 Å². The molecule has 0 saturated carbocycles. The van der Waals surface area contributed by atoms with Crippen molar-refractivity contribution in [2.24, 2.45) is 0 Å². The number of ether oxygens (including phenoxy) is 1. The largest absolute Gasteiger partial charge is 0.365 e. The van der Waals surface area contributed by atoms with Gasteiger partial charge in [-0.15, -0.1) is 0 Å². The minimum absolute atomic E-state index is 0.238. The molecule has 1 N–H and O–H groups in total. The van der Waals surface area contributed by atoms with Crippen LogP contribution in [0, 0.1) is 0 Å². The molecular formula is C11H21Cl3O2Si. The van der Waals surface area contributed by atoms with E-state index < -0.39 is 18.2 Å². The van der Waals surface area contributed by atoms with Gasteiger partial charge in [-0.3, -0.25) is 0 Å². The Hall–Kier alpha value is 0.747. The van der Waals surface area contributed by atoms with E-state index in [4.69, 9.17) is 39.5 Å². The summed E-state index contributed by atoms with van der Waals surface area (Å²) < 4.78 is 3.21. The molecule has 0 radical (unpaired) electrons. The summed E-state index contributed by atoms with van der Waals surface area (Å²) in [7, 11) is -1.46. The fraction of sp³-hybridized carbons (Fsp3) is 0.818. The Kier molecular flexibility index (Phi) is 6.54. The number of alkyl halides is 3. The van der Waals surface area contributed by atoms with E-state index in [1.54, 1.807) is 0 Å². The topological polar surface area (TPSA) is 29.5 Å². The average molecular weight is 320 g/mol. The highest BCUT2D eigenvalue weighted by Crippen LogP contribution is 2.36. The lowest BCUT2D eigenvalue weighted by molar-refractivity contribution is -0.0847. The van der Waals surface area contributed by atoms with Gasteiger partial charge in [-0.25, -0.2) is 0 Å².